The molecule has 3 aromatic rings. The number of halogens is 3. The first kappa shape index (κ1) is 32.2. The maximum Gasteiger partial charge on any atom is 0.491 e. The molecule has 44 heavy (non-hydrogen) atoms. The number of hydrogen-bond acceptors (Lipinski definition) is 8. The lowest BCUT2D eigenvalue weighted by atomic mass is 10.1. The molecule has 1 heterocycles. The fourth-order valence-electron chi connectivity index (χ4n) is 4.86. The molecule has 12 nitrogen and oxygen atoms in total. The van der Waals surface area contributed by atoms with Crippen molar-refractivity contribution in [2.24, 2.45) is 11.5 Å². The summed E-state index contributed by atoms with van der Waals surface area (Å²) in [5.41, 5.74) is 12.0. The molecule has 2 amide bonds. The van der Waals surface area contributed by atoms with E-state index in [1.165, 1.54) is 30.2 Å². The van der Waals surface area contributed by atoms with Crippen LogP contribution in [0.5, 0.6) is 11.5 Å². The van der Waals surface area contributed by atoms with E-state index in [0.29, 0.717) is 21.2 Å². The molecule has 0 aromatic heterocycles. The topological polar surface area (TPSA) is 186 Å². The average Bonchev–Trinajstić information content (AvgIpc) is 3.30. The molecule has 0 bridgehead atoms. The number of nitrogens with two attached hydrogens (primary N) is 2. The zero-order valence-corrected chi connectivity index (χ0v) is 24.2. The molecular weight excluding hydrogens is 607 g/mol. The van der Waals surface area contributed by atoms with Gasteiger partial charge in [0.2, 0.25) is 21.8 Å². The normalized spacial score (nSPS) is 16.3. The second-order valence-corrected chi connectivity index (χ2v) is 11.8. The van der Waals surface area contributed by atoms with Crippen molar-refractivity contribution in [1.82, 2.24) is 9.21 Å². The Hall–Kier alpha value is -4.70. The first-order chi connectivity index (χ1) is 20.5. The van der Waals surface area contributed by atoms with Crippen LogP contribution in [-0.4, -0.2) is 73.2 Å². The summed E-state index contributed by atoms with van der Waals surface area (Å²) >= 11 is 0. The van der Waals surface area contributed by atoms with Gasteiger partial charge in [0.25, 0.3) is 0 Å². The Balaban J connectivity index is 1.80. The molecule has 5 N–H and O–H groups in total. The molecule has 2 atom stereocenters. The smallest absolute Gasteiger partial charge is 0.491 e. The predicted molar refractivity (Wildman–Crippen MR) is 151 cm³/mol. The van der Waals surface area contributed by atoms with Crippen molar-refractivity contribution in [3.8, 4) is 11.5 Å². The Morgan fingerprint density at radius 3 is 2.43 bits per heavy atom. The number of fused-ring (bicyclic) bond motifs is 1. The number of benzene rings is 3. The van der Waals surface area contributed by atoms with Crippen LogP contribution in [0.15, 0.2) is 59.5 Å². The molecule has 234 valence electrons. The van der Waals surface area contributed by atoms with E-state index in [1.54, 1.807) is 24.3 Å². The Labute approximate surface area is 249 Å². The van der Waals surface area contributed by atoms with E-state index in [0.717, 1.165) is 19.1 Å². The maximum absolute atomic E-state index is 14.3. The fraction of sp³-hybridized carbons (Fsp3) is 0.286. The van der Waals surface area contributed by atoms with Crippen molar-refractivity contribution in [1.29, 1.82) is 5.41 Å². The first-order valence-corrected chi connectivity index (χ1v) is 14.4. The number of nitrogens with zero attached hydrogens (tertiary/aromatic N) is 2. The third-order valence-electron chi connectivity index (χ3n) is 7.08. The van der Waals surface area contributed by atoms with Gasteiger partial charge in [0.15, 0.2) is 5.75 Å². The third kappa shape index (κ3) is 6.45. The first-order valence-electron chi connectivity index (χ1n) is 13.0. The van der Waals surface area contributed by atoms with Gasteiger partial charge in [-0.1, -0.05) is 24.3 Å². The quantitative estimate of drug-likeness (QED) is 0.131. The molecule has 16 heteroatoms. The summed E-state index contributed by atoms with van der Waals surface area (Å²) in [5, 5.41) is 8.02. The lowest BCUT2D eigenvalue weighted by Crippen LogP contribution is -2.53. The second kappa shape index (κ2) is 12.1. The van der Waals surface area contributed by atoms with Crippen LogP contribution in [0.3, 0.4) is 0 Å². The molecule has 1 fully saturated rings. The summed E-state index contributed by atoms with van der Waals surface area (Å²) in [5.74, 6) is -5.38. The van der Waals surface area contributed by atoms with Gasteiger partial charge in [0, 0.05) is 18.7 Å². The largest absolute Gasteiger partial charge is 0.497 e. The van der Waals surface area contributed by atoms with E-state index in [1.807, 2.05) is 0 Å². The monoisotopic (exact) mass is 635 g/mol. The van der Waals surface area contributed by atoms with Gasteiger partial charge in [-0.25, -0.2) is 13.2 Å². The van der Waals surface area contributed by atoms with Gasteiger partial charge in [-0.15, -0.1) is 0 Å². The summed E-state index contributed by atoms with van der Waals surface area (Å²) in [7, 11) is -3.70. The van der Waals surface area contributed by atoms with E-state index in [4.69, 9.17) is 21.6 Å². The number of carbonyl (C=O) groups excluding carboxylic acids is 3. The number of rotatable bonds is 10. The summed E-state index contributed by atoms with van der Waals surface area (Å²) in [6.07, 6.45) is -5.56. The lowest BCUT2D eigenvalue weighted by molar-refractivity contribution is -0.189. The van der Waals surface area contributed by atoms with E-state index < -0.39 is 56.7 Å². The molecule has 1 unspecified atom stereocenters. The van der Waals surface area contributed by atoms with Crippen molar-refractivity contribution < 1.29 is 45.4 Å². The number of amidine groups is 1. The van der Waals surface area contributed by atoms with Crippen LogP contribution in [0.4, 0.5) is 13.2 Å². The number of alkyl halides is 3. The number of primary amides is 1. The van der Waals surface area contributed by atoms with Gasteiger partial charge in [0.1, 0.15) is 28.6 Å². The standard InChI is InChI=1S/C28H28F3N5O7S/c1-15(25(34)37)36(21-8-9-35(26(21)38)14-16-4-3-5-18(10-16)24(32)33)44(40,41)23-13-19-11-20(42-2)7-6-17(19)12-22(23)43-27(39)28(29,30)31/h3-7,10-13,15,21H,8-9,14H2,1-2H3,(H3,32,33)(H2,34,37)/t15?,21-/m0/s1. The number of nitrogens with one attached hydrogen (secondary N) is 1. The van der Waals surface area contributed by atoms with Gasteiger partial charge in [-0.05, 0) is 60.0 Å². The van der Waals surface area contributed by atoms with E-state index in [2.05, 4.69) is 4.74 Å². The van der Waals surface area contributed by atoms with Crippen LogP contribution in [-0.2, 0) is 31.0 Å². The average molecular weight is 636 g/mol. The molecular formula is C28H28F3N5O7S. The minimum Gasteiger partial charge on any atom is -0.497 e. The van der Waals surface area contributed by atoms with E-state index in [9.17, 15) is 36.0 Å². The summed E-state index contributed by atoms with van der Waals surface area (Å²) in [6, 6.07) is 9.58. The lowest BCUT2D eigenvalue weighted by Gasteiger charge is -2.31. The van der Waals surface area contributed by atoms with E-state index in [-0.39, 0.29) is 36.1 Å². The molecule has 0 radical (unpaired) electrons. The Morgan fingerprint density at radius 1 is 1.11 bits per heavy atom. The number of carbonyl (C=O) groups is 3. The molecule has 0 aliphatic carbocycles. The Morgan fingerprint density at radius 2 is 1.82 bits per heavy atom. The minimum absolute atomic E-state index is 0.0134. The van der Waals surface area contributed by atoms with Gasteiger partial charge in [-0.2, -0.15) is 17.5 Å². The molecule has 3 aromatic carbocycles. The third-order valence-corrected chi connectivity index (χ3v) is 9.08. The number of amides is 2. The zero-order chi connectivity index (χ0) is 32.6. The molecule has 0 spiro atoms. The number of ether oxygens (including phenoxy) is 2. The van der Waals surface area contributed by atoms with Crippen molar-refractivity contribution in [2.75, 3.05) is 13.7 Å². The number of hydrogen-bond donors (Lipinski definition) is 3. The highest BCUT2D eigenvalue weighted by Gasteiger charge is 2.48. The Bertz CT molecular complexity index is 1760. The highest BCUT2D eigenvalue weighted by atomic mass is 32.2. The van der Waals surface area contributed by atoms with Gasteiger partial charge < -0.3 is 25.8 Å². The highest BCUT2D eigenvalue weighted by Crippen LogP contribution is 2.37. The number of likely N-dealkylation sites (tertiary alicyclic amines) is 1. The SMILES string of the molecule is COc1ccc2cc(OC(=O)C(F)(F)F)c(S(=O)(=O)N(C(C)C(N)=O)[C@H]3CCN(Cc4cccc(C(=N)N)c4)C3=O)cc2c1. The summed E-state index contributed by atoms with van der Waals surface area (Å²) in [6.45, 7) is 1.20. The van der Waals surface area contributed by atoms with Crippen LogP contribution < -0.4 is 20.9 Å². The maximum atomic E-state index is 14.3. The number of nitrogen functional groups attached to an aromatic ring is 1. The molecule has 0 saturated carbocycles. The van der Waals surface area contributed by atoms with Crippen LogP contribution in [0.1, 0.15) is 24.5 Å². The molecule has 1 saturated heterocycles. The molecule has 4 rings (SSSR count). The fourth-order valence-corrected chi connectivity index (χ4v) is 6.77. The van der Waals surface area contributed by atoms with Crippen LogP contribution in [0.25, 0.3) is 10.8 Å². The predicted octanol–water partition coefficient (Wildman–Crippen LogP) is 2.27. The number of esters is 1. The van der Waals surface area contributed by atoms with Gasteiger partial charge in [-0.3, -0.25) is 15.0 Å². The Kier molecular flexibility index (Phi) is 8.88. The number of methoxy groups -OCH3 is 1. The van der Waals surface area contributed by atoms with E-state index >= 15 is 0 Å². The summed E-state index contributed by atoms with van der Waals surface area (Å²) in [4.78, 5) is 38.2. The van der Waals surface area contributed by atoms with Crippen LogP contribution >= 0.6 is 0 Å². The highest BCUT2D eigenvalue weighted by molar-refractivity contribution is 7.89. The van der Waals surface area contributed by atoms with Crippen LogP contribution in [0, 0.1) is 5.41 Å². The molecule has 1 aliphatic rings. The van der Waals surface area contributed by atoms with Gasteiger partial charge >= 0.3 is 12.1 Å². The van der Waals surface area contributed by atoms with Crippen molar-refractivity contribution in [3.63, 3.8) is 0 Å². The second-order valence-electron chi connectivity index (χ2n) is 9.99. The van der Waals surface area contributed by atoms with Crippen LogP contribution in [0.2, 0.25) is 0 Å². The van der Waals surface area contributed by atoms with Crippen molar-refractivity contribution in [3.05, 3.63) is 65.7 Å². The molecule has 1 aliphatic heterocycles. The van der Waals surface area contributed by atoms with Gasteiger partial charge in [0.05, 0.1) is 7.11 Å². The zero-order valence-electron chi connectivity index (χ0n) is 23.4. The number of sulfonamides is 1. The van der Waals surface area contributed by atoms with Crippen molar-refractivity contribution >= 4 is 44.4 Å². The minimum atomic E-state index is -5.46. The van der Waals surface area contributed by atoms with Crippen molar-refractivity contribution in [2.45, 2.75) is 43.0 Å². The summed E-state index contributed by atoms with van der Waals surface area (Å²) < 4.78 is 78.3.